The van der Waals surface area contributed by atoms with Crippen LogP contribution in [0.1, 0.15) is 49.9 Å². The zero-order valence-corrected chi connectivity index (χ0v) is 28.8. The van der Waals surface area contributed by atoms with E-state index in [4.69, 9.17) is 4.42 Å². The smallest absolute Gasteiger partial charge is 0.136 e. The maximum absolute atomic E-state index is 6.25. The van der Waals surface area contributed by atoms with Crippen LogP contribution in [-0.2, 0) is 10.8 Å². The van der Waals surface area contributed by atoms with Crippen LogP contribution in [0.4, 0.5) is 17.1 Å². The van der Waals surface area contributed by atoms with Gasteiger partial charge in [-0.15, -0.1) is 0 Å². The summed E-state index contributed by atoms with van der Waals surface area (Å²) in [6, 6.07) is 55.6. The zero-order valence-electron chi connectivity index (χ0n) is 28.8. The third kappa shape index (κ3) is 3.96. The van der Waals surface area contributed by atoms with Gasteiger partial charge in [-0.1, -0.05) is 137 Å². The maximum Gasteiger partial charge on any atom is 0.136 e. The largest absolute Gasteiger partial charge is 0.456 e. The summed E-state index contributed by atoms with van der Waals surface area (Å²) in [6.07, 6.45) is 0. The van der Waals surface area contributed by atoms with E-state index >= 15 is 0 Å². The summed E-state index contributed by atoms with van der Waals surface area (Å²) in [7, 11) is 0. The molecule has 1 heterocycles. The molecule has 0 amide bonds. The van der Waals surface area contributed by atoms with Crippen molar-refractivity contribution >= 4 is 39.0 Å². The third-order valence-corrected chi connectivity index (χ3v) is 11.5. The number of anilines is 3. The fraction of sp³-hybridized carbons (Fsp3) is 0.125. The van der Waals surface area contributed by atoms with Gasteiger partial charge in [-0.3, -0.25) is 0 Å². The molecule has 0 radical (unpaired) electrons. The van der Waals surface area contributed by atoms with Gasteiger partial charge in [0, 0.05) is 38.5 Å². The van der Waals surface area contributed by atoms with Crippen molar-refractivity contribution in [2.24, 2.45) is 0 Å². The molecular weight excluding hydrogens is 607 g/mol. The number of para-hydroxylation sites is 1. The second kappa shape index (κ2) is 10.3. The van der Waals surface area contributed by atoms with Crippen molar-refractivity contribution < 1.29 is 4.42 Å². The van der Waals surface area contributed by atoms with Crippen LogP contribution in [0.15, 0.2) is 156 Å². The molecule has 10 rings (SSSR count). The van der Waals surface area contributed by atoms with Crippen molar-refractivity contribution in [1.29, 1.82) is 0 Å². The minimum Gasteiger partial charge on any atom is -0.456 e. The van der Waals surface area contributed by atoms with Gasteiger partial charge in [-0.05, 0) is 92.5 Å². The first-order valence-corrected chi connectivity index (χ1v) is 17.6. The molecule has 0 aliphatic heterocycles. The SMILES string of the molecule is CC1(C)c2ccccc2-c2cc(N(c3ccc(-c4cccc5oc6ccccc6c45)cc3)c3cccc4c3-c3ccccc3C4(C)C)ccc21. The predicted molar refractivity (Wildman–Crippen MR) is 209 cm³/mol. The number of benzene rings is 7. The van der Waals surface area contributed by atoms with E-state index in [0.717, 1.165) is 33.3 Å². The van der Waals surface area contributed by atoms with E-state index < -0.39 is 0 Å². The Hall–Kier alpha value is -5.86. The third-order valence-electron chi connectivity index (χ3n) is 11.5. The van der Waals surface area contributed by atoms with Gasteiger partial charge >= 0.3 is 0 Å². The van der Waals surface area contributed by atoms with Crippen LogP contribution < -0.4 is 4.90 Å². The first kappa shape index (κ1) is 29.1. The van der Waals surface area contributed by atoms with Crippen LogP contribution in [0.3, 0.4) is 0 Å². The van der Waals surface area contributed by atoms with Crippen molar-refractivity contribution in [2.75, 3.05) is 4.90 Å². The van der Waals surface area contributed by atoms with Gasteiger partial charge < -0.3 is 9.32 Å². The molecule has 0 fully saturated rings. The fourth-order valence-corrected chi connectivity index (χ4v) is 9.00. The summed E-state index contributed by atoms with van der Waals surface area (Å²) in [5.41, 5.74) is 18.3. The van der Waals surface area contributed by atoms with Crippen LogP contribution in [0.25, 0.3) is 55.3 Å². The summed E-state index contributed by atoms with van der Waals surface area (Å²) in [6.45, 7) is 9.41. The Morgan fingerprint density at radius 2 is 1.02 bits per heavy atom. The molecule has 0 saturated heterocycles. The molecule has 2 nitrogen and oxygen atoms in total. The molecule has 0 unspecified atom stereocenters. The average Bonchev–Trinajstić information content (AvgIpc) is 3.72. The first-order chi connectivity index (χ1) is 24.3. The summed E-state index contributed by atoms with van der Waals surface area (Å²) in [5.74, 6) is 0. The van der Waals surface area contributed by atoms with Gasteiger partial charge in [0.2, 0.25) is 0 Å². The lowest BCUT2D eigenvalue weighted by atomic mass is 9.82. The molecule has 0 N–H and O–H groups in total. The minimum atomic E-state index is -0.0928. The van der Waals surface area contributed by atoms with Gasteiger partial charge in [0.25, 0.3) is 0 Å². The summed E-state index contributed by atoms with van der Waals surface area (Å²) >= 11 is 0. The number of nitrogens with zero attached hydrogens (tertiary/aromatic N) is 1. The topological polar surface area (TPSA) is 16.4 Å². The molecule has 1 aromatic heterocycles. The average molecular weight is 644 g/mol. The van der Waals surface area contributed by atoms with Crippen LogP contribution in [0, 0.1) is 0 Å². The second-order valence-corrected chi connectivity index (χ2v) is 14.9. The van der Waals surface area contributed by atoms with Crippen molar-refractivity contribution in [3.8, 4) is 33.4 Å². The van der Waals surface area contributed by atoms with Crippen molar-refractivity contribution in [1.82, 2.24) is 0 Å². The molecule has 2 aliphatic rings. The monoisotopic (exact) mass is 643 g/mol. The van der Waals surface area contributed by atoms with Crippen molar-refractivity contribution in [2.45, 2.75) is 38.5 Å². The Kier molecular flexibility index (Phi) is 6.01. The Balaban J connectivity index is 1.19. The maximum atomic E-state index is 6.25. The highest BCUT2D eigenvalue weighted by Gasteiger charge is 2.39. The lowest BCUT2D eigenvalue weighted by molar-refractivity contribution is 0.660. The normalized spacial score (nSPS) is 14.7. The van der Waals surface area contributed by atoms with Crippen LogP contribution >= 0.6 is 0 Å². The standard InChI is InChI=1S/C48H37NO/c1-47(2)38-17-8-5-13-34(38)37-29-32(27-28-40(37)47)49(42-20-12-19-41-46(42)35-14-6-9-18-39(35)48(41,3)4)31-25-23-30(24-26-31)33-16-11-22-44-45(33)36-15-7-10-21-43(36)50-44/h5-29H,1-4H3. The van der Waals surface area contributed by atoms with Gasteiger partial charge in [0.1, 0.15) is 11.2 Å². The van der Waals surface area contributed by atoms with Gasteiger partial charge in [-0.25, -0.2) is 0 Å². The molecule has 50 heavy (non-hydrogen) atoms. The Morgan fingerprint density at radius 1 is 0.440 bits per heavy atom. The summed E-state index contributed by atoms with van der Waals surface area (Å²) in [5, 5.41) is 2.30. The van der Waals surface area contributed by atoms with Crippen LogP contribution in [0.5, 0.6) is 0 Å². The van der Waals surface area contributed by atoms with Gasteiger partial charge in [0.05, 0.1) is 5.69 Å². The lowest BCUT2D eigenvalue weighted by Gasteiger charge is -2.30. The Bertz CT molecular complexity index is 2650. The van der Waals surface area contributed by atoms with Crippen LogP contribution in [0.2, 0.25) is 0 Å². The highest BCUT2D eigenvalue weighted by Crippen LogP contribution is 2.55. The van der Waals surface area contributed by atoms with Gasteiger partial charge in [-0.2, -0.15) is 0 Å². The van der Waals surface area contributed by atoms with E-state index in [1.54, 1.807) is 0 Å². The van der Waals surface area contributed by atoms with E-state index in [0.29, 0.717) is 0 Å². The summed E-state index contributed by atoms with van der Waals surface area (Å²) < 4.78 is 6.25. The molecule has 8 aromatic rings. The first-order valence-electron chi connectivity index (χ1n) is 17.6. The molecule has 0 spiro atoms. The Labute approximate surface area is 293 Å². The molecule has 0 saturated carbocycles. The zero-order chi connectivity index (χ0) is 33.8. The molecule has 0 bridgehead atoms. The van der Waals surface area contributed by atoms with Crippen molar-refractivity contribution in [3.05, 3.63) is 174 Å². The van der Waals surface area contributed by atoms with Crippen molar-refractivity contribution in [3.63, 3.8) is 0 Å². The number of hydrogen-bond donors (Lipinski definition) is 0. The second-order valence-electron chi connectivity index (χ2n) is 14.9. The lowest BCUT2D eigenvalue weighted by Crippen LogP contribution is -2.16. The number of fused-ring (bicyclic) bond motifs is 9. The van der Waals surface area contributed by atoms with E-state index in [1.807, 2.05) is 12.1 Å². The summed E-state index contributed by atoms with van der Waals surface area (Å²) in [4.78, 5) is 2.48. The van der Waals surface area contributed by atoms with E-state index in [2.05, 4.69) is 172 Å². The predicted octanol–water partition coefficient (Wildman–Crippen LogP) is 13.3. The molecule has 240 valence electrons. The highest BCUT2D eigenvalue weighted by atomic mass is 16.3. The molecule has 2 aliphatic carbocycles. The molecule has 2 heteroatoms. The van der Waals surface area contributed by atoms with E-state index in [-0.39, 0.29) is 10.8 Å². The number of rotatable bonds is 4. The number of furan rings is 1. The quantitative estimate of drug-likeness (QED) is 0.190. The molecule has 7 aromatic carbocycles. The van der Waals surface area contributed by atoms with Crippen LogP contribution in [-0.4, -0.2) is 0 Å². The van der Waals surface area contributed by atoms with E-state index in [9.17, 15) is 0 Å². The van der Waals surface area contributed by atoms with Gasteiger partial charge in [0.15, 0.2) is 0 Å². The fourth-order valence-electron chi connectivity index (χ4n) is 9.00. The minimum absolute atomic E-state index is 0.0494. The highest BCUT2D eigenvalue weighted by molar-refractivity contribution is 6.12. The molecule has 0 atom stereocenters. The Morgan fingerprint density at radius 3 is 1.84 bits per heavy atom. The number of hydrogen-bond acceptors (Lipinski definition) is 2. The molecular formula is C48H37NO. The van der Waals surface area contributed by atoms with E-state index in [1.165, 1.54) is 61.3 Å².